The molecule has 0 radical (unpaired) electrons. The second-order valence-corrected chi connectivity index (χ2v) is 1.57. The average molecular weight is 122 g/mol. The van der Waals surface area contributed by atoms with Gasteiger partial charge in [-0.1, -0.05) is 0 Å². The number of carbonyl (C=O) groups excluding carboxylic acids is 1. The summed E-state index contributed by atoms with van der Waals surface area (Å²) in [5.41, 5.74) is 0. The van der Waals surface area contributed by atoms with Crippen LogP contribution in [0.1, 0.15) is 0 Å². The lowest BCUT2D eigenvalue weighted by Crippen LogP contribution is -1.85. The largest absolute Gasteiger partial charge is 0.395 e. The van der Waals surface area contributed by atoms with Crippen LogP contribution in [0, 0.1) is 0 Å². The van der Waals surface area contributed by atoms with Gasteiger partial charge in [-0.25, -0.2) is 0 Å². The highest BCUT2D eigenvalue weighted by atomic mass is 32.2. The van der Waals surface area contributed by atoms with Crippen LogP contribution >= 0.6 is 12.0 Å². The van der Waals surface area contributed by atoms with Gasteiger partial charge >= 0.3 is 6.47 Å². The number of rotatable bonds is 4. The van der Waals surface area contributed by atoms with Crippen molar-refractivity contribution >= 4 is 18.5 Å². The molecule has 7 heavy (non-hydrogen) atoms. The Hall–Kier alpha value is -0.220. The number of hydrogen-bond acceptors (Lipinski definition) is 4. The van der Waals surface area contributed by atoms with Crippen LogP contribution in [0.3, 0.4) is 0 Å². The first-order chi connectivity index (χ1) is 3.41. The molecule has 0 rings (SSSR count). The van der Waals surface area contributed by atoms with E-state index in [2.05, 4.69) is 4.18 Å². The Morgan fingerprint density at radius 3 is 3.00 bits per heavy atom. The van der Waals surface area contributed by atoms with E-state index in [4.69, 9.17) is 5.11 Å². The van der Waals surface area contributed by atoms with E-state index in [1.807, 2.05) is 0 Å². The molecule has 0 aliphatic rings. The lowest BCUT2D eigenvalue weighted by atomic mass is 10.9. The summed E-state index contributed by atoms with van der Waals surface area (Å²) in [6.07, 6.45) is 0. The van der Waals surface area contributed by atoms with Crippen LogP contribution in [0.5, 0.6) is 0 Å². The number of aliphatic hydroxyl groups excluding tert-OH is 1. The summed E-state index contributed by atoms with van der Waals surface area (Å²) in [6.45, 7) is 0.374. The molecule has 0 heterocycles. The van der Waals surface area contributed by atoms with E-state index in [0.717, 1.165) is 12.0 Å². The monoisotopic (exact) mass is 122 g/mol. The molecule has 0 aromatic carbocycles. The highest BCUT2D eigenvalue weighted by Gasteiger charge is 1.81. The zero-order chi connectivity index (χ0) is 5.54. The highest BCUT2D eigenvalue weighted by molar-refractivity contribution is 7.95. The van der Waals surface area contributed by atoms with E-state index in [9.17, 15) is 4.79 Å². The van der Waals surface area contributed by atoms with Crippen LogP contribution in [-0.2, 0) is 8.98 Å². The Labute approximate surface area is 45.9 Å². The van der Waals surface area contributed by atoms with E-state index < -0.39 is 0 Å². The van der Waals surface area contributed by atoms with Crippen molar-refractivity contribution in [1.82, 2.24) is 0 Å². The quantitative estimate of drug-likeness (QED) is 0.318. The van der Waals surface area contributed by atoms with Gasteiger partial charge in [-0.3, -0.25) is 4.79 Å². The number of carbonyl (C=O) groups is 1. The molecule has 4 heteroatoms. The normalized spacial score (nSPS) is 8.14. The van der Waals surface area contributed by atoms with E-state index >= 15 is 0 Å². The fourth-order valence-electron chi connectivity index (χ4n) is 0.113. The van der Waals surface area contributed by atoms with E-state index in [1.165, 1.54) is 0 Å². The van der Waals surface area contributed by atoms with Gasteiger partial charge in [0, 0.05) is 0 Å². The Bertz CT molecular complexity index is 47.4. The van der Waals surface area contributed by atoms with Crippen LogP contribution in [-0.4, -0.2) is 23.9 Å². The van der Waals surface area contributed by atoms with E-state index in [0.29, 0.717) is 12.2 Å². The van der Waals surface area contributed by atoms with Crippen LogP contribution < -0.4 is 0 Å². The molecule has 0 saturated heterocycles. The maximum absolute atomic E-state index is 9.35. The van der Waals surface area contributed by atoms with Crippen LogP contribution in [0.15, 0.2) is 0 Å². The molecule has 42 valence electrons. The summed E-state index contributed by atoms with van der Waals surface area (Å²) in [6, 6.07) is 0. The van der Waals surface area contributed by atoms with E-state index in [1.54, 1.807) is 0 Å². The molecule has 1 N–H and O–H groups in total. The van der Waals surface area contributed by atoms with E-state index in [-0.39, 0.29) is 6.61 Å². The highest BCUT2D eigenvalue weighted by Crippen LogP contribution is 1.95. The first kappa shape index (κ1) is 6.78. The molecule has 0 fully saturated rings. The summed E-state index contributed by atoms with van der Waals surface area (Å²) < 4.78 is 4.15. The topological polar surface area (TPSA) is 46.5 Å². The third-order valence-corrected chi connectivity index (χ3v) is 0.846. The molecule has 0 bridgehead atoms. The van der Waals surface area contributed by atoms with Crippen molar-refractivity contribution in [2.45, 2.75) is 0 Å². The lowest BCUT2D eigenvalue weighted by Gasteiger charge is -1.87. The van der Waals surface area contributed by atoms with Crippen molar-refractivity contribution in [2.24, 2.45) is 0 Å². The molecule has 0 atom stereocenters. The smallest absolute Gasteiger partial charge is 0.305 e. The standard InChI is InChI=1S/C3H6O3S/c4-1-2-7-6-3-5/h3-4H,1-2H2. The van der Waals surface area contributed by atoms with Crippen molar-refractivity contribution in [3.05, 3.63) is 0 Å². The van der Waals surface area contributed by atoms with Crippen LogP contribution in [0.25, 0.3) is 0 Å². The summed E-state index contributed by atoms with van der Waals surface area (Å²) in [5.74, 6) is 0.443. The molecule has 0 saturated carbocycles. The molecule has 0 unspecified atom stereocenters. The second-order valence-electron chi connectivity index (χ2n) is 0.738. The fourth-order valence-corrected chi connectivity index (χ4v) is 0.339. The summed E-state index contributed by atoms with van der Waals surface area (Å²) >= 11 is 0.935. The Morgan fingerprint density at radius 1 is 1.86 bits per heavy atom. The molecule has 0 aromatic rings. The minimum absolute atomic E-state index is 0.0402. The predicted octanol–water partition coefficient (Wildman–Crippen LogP) is -0.200. The minimum atomic E-state index is 0.0402. The maximum Gasteiger partial charge on any atom is 0.305 e. The van der Waals surface area contributed by atoms with Gasteiger partial charge in [-0.15, -0.1) is 0 Å². The van der Waals surface area contributed by atoms with Crippen molar-refractivity contribution in [3.63, 3.8) is 0 Å². The Morgan fingerprint density at radius 2 is 2.57 bits per heavy atom. The molecule has 0 spiro atoms. The fraction of sp³-hybridized carbons (Fsp3) is 0.667. The van der Waals surface area contributed by atoms with Crippen LogP contribution in [0.2, 0.25) is 0 Å². The first-order valence-electron chi connectivity index (χ1n) is 1.74. The second kappa shape index (κ2) is 5.78. The van der Waals surface area contributed by atoms with Gasteiger partial charge in [0.15, 0.2) is 0 Å². The average Bonchev–Trinajstić information content (AvgIpc) is 1.69. The van der Waals surface area contributed by atoms with Gasteiger partial charge in [0.1, 0.15) is 0 Å². The Kier molecular flexibility index (Phi) is 5.60. The van der Waals surface area contributed by atoms with Gasteiger partial charge in [0.25, 0.3) is 0 Å². The van der Waals surface area contributed by atoms with Gasteiger partial charge in [0.05, 0.1) is 24.4 Å². The zero-order valence-electron chi connectivity index (χ0n) is 3.66. The van der Waals surface area contributed by atoms with Gasteiger partial charge in [-0.05, 0) is 0 Å². The summed E-state index contributed by atoms with van der Waals surface area (Å²) in [7, 11) is 0. The lowest BCUT2D eigenvalue weighted by molar-refractivity contribution is -0.119. The molecular weight excluding hydrogens is 116 g/mol. The molecule has 0 amide bonds. The molecular formula is C3H6O3S. The maximum atomic E-state index is 9.35. The third-order valence-electron chi connectivity index (χ3n) is 0.282. The molecule has 0 aliphatic heterocycles. The van der Waals surface area contributed by atoms with Gasteiger partial charge in [0.2, 0.25) is 0 Å². The van der Waals surface area contributed by atoms with Crippen molar-refractivity contribution in [2.75, 3.05) is 12.4 Å². The molecule has 0 aromatic heterocycles. The molecule has 0 aliphatic carbocycles. The van der Waals surface area contributed by atoms with Crippen LogP contribution in [0.4, 0.5) is 0 Å². The first-order valence-corrected chi connectivity index (χ1v) is 2.65. The summed E-state index contributed by atoms with van der Waals surface area (Å²) in [5, 5.41) is 8.08. The zero-order valence-corrected chi connectivity index (χ0v) is 4.48. The van der Waals surface area contributed by atoms with Crippen molar-refractivity contribution < 1.29 is 14.1 Å². The van der Waals surface area contributed by atoms with Crippen molar-refractivity contribution in [1.29, 1.82) is 0 Å². The van der Waals surface area contributed by atoms with Gasteiger partial charge in [-0.2, -0.15) is 0 Å². The third kappa shape index (κ3) is 5.78. The van der Waals surface area contributed by atoms with Gasteiger partial charge < -0.3 is 9.29 Å². The number of aliphatic hydroxyl groups is 1. The number of hydrogen-bond donors (Lipinski definition) is 1. The predicted molar refractivity (Wildman–Crippen MR) is 26.7 cm³/mol. The minimum Gasteiger partial charge on any atom is -0.395 e. The summed E-state index contributed by atoms with van der Waals surface area (Å²) in [4.78, 5) is 9.35. The Balaban J connectivity index is 2.56. The SMILES string of the molecule is O=COSCCO. The molecule has 3 nitrogen and oxygen atoms in total. The van der Waals surface area contributed by atoms with Crippen molar-refractivity contribution in [3.8, 4) is 0 Å².